The molecule has 0 aliphatic heterocycles. The van der Waals surface area contributed by atoms with Gasteiger partial charge in [-0.1, -0.05) is 62.4 Å². The maximum absolute atomic E-state index is 13.6. The zero-order chi connectivity index (χ0) is 32.0. The number of rotatable bonds is 18. The number of ether oxygens (including phenoxy) is 2. The van der Waals surface area contributed by atoms with Crippen LogP contribution in [0, 0.1) is 12.8 Å². The third-order valence-electron chi connectivity index (χ3n) is 8.32. The van der Waals surface area contributed by atoms with Crippen molar-refractivity contribution in [2.75, 3.05) is 44.6 Å². The van der Waals surface area contributed by atoms with Crippen LogP contribution in [0.2, 0.25) is 0 Å². The van der Waals surface area contributed by atoms with Gasteiger partial charge in [0.05, 0.1) is 12.9 Å². The molecule has 44 heavy (non-hydrogen) atoms. The van der Waals surface area contributed by atoms with E-state index in [9.17, 15) is 18.0 Å². The van der Waals surface area contributed by atoms with Gasteiger partial charge >= 0.3 is 5.97 Å². The van der Waals surface area contributed by atoms with Crippen LogP contribution < -0.4 is 5.32 Å². The fourth-order valence-electron chi connectivity index (χ4n) is 5.79. The Morgan fingerprint density at radius 3 is 2.52 bits per heavy atom. The van der Waals surface area contributed by atoms with Crippen LogP contribution in [0.4, 0.5) is 0 Å². The highest BCUT2D eigenvalue weighted by Gasteiger charge is 2.27. The molecule has 0 aromatic heterocycles. The largest absolute Gasteiger partial charge is 0.467 e. The summed E-state index contributed by atoms with van der Waals surface area (Å²) in [5.41, 5.74) is 3.81. The zero-order valence-electron chi connectivity index (χ0n) is 26.8. The van der Waals surface area contributed by atoms with Gasteiger partial charge in [-0.05, 0) is 85.4 Å². The Morgan fingerprint density at radius 1 is 1.09 bits per heavy atom. The summed E-state index contributed by atoms with van der Waals surface area (Å²) in [6, 6.07) is 12.6. The van der Waals surface area contributed by atoms with E-state index in [0.29, 0.717) is 55.4 Å². The second kappa shape index (κ2) is 18.5. The quantitative estimate of drug-likeness (QED) is 0.152. The first kappa shape index (κ1) is 36.1. The Kier molecular flexibility index (Phi) is 15.2. The minimum Gasteiger partial charge on any atom is -0.467 e. The number of sulfonamides is 1. The fraction of sp³-hybridized carbons (Fsp3) is 0.588. The summed E-state index contributed by atoms with van der Waals surface area (Å²) >= 11 is 1.59. The first-order valence-corrected chi connectivity index (χ1v) is 18.8. The van der Waals surface area contributed by atoms with Crippen LogP contribution in [0.25, 0.3) is 11.1 Å². The normalized spacial score (nSPS) is 14.8. The standard InChI is InChI=1S/C34H50N2O6S2/c1-5-42-21-11-23-44(39,40)36(20-18-27-13-7-6-8-14-27)25-28-16-17-30(31(24-28)29-15-10-9-12-26(29)2)33(37)35-32(19-22-43-4)34(38)41-3/h9-10,12,15-17,24,27,32H,5-8,11,13-14,18-23,25H2,1-4H3,(H,35,37)/t32-/m0/s1. The van der Waals surface area contributed by atoms with Gasteiger partial charge in [0.2, 0.25) is 10.0 Å². The van der Waals surface area contributed by atoms with Gasteiger partial charge < -0.3 is 14.8 Å². The van der Waals surface area contributed by atoms with E-state index in [2.05, 4.69) is 5.32 Å². The number of hydrogen-bond acceptors (Lipinski definition) is 7. The predicted molar refractivity (Wildman–Crippen MR) is 179 cm³/mol. The summed E-state index contributed by atoms with van der Waals surface area (Å²) in [5, 5.41) is 2.88. The molecule has 1 atom stereocenters. The molecular formula is C34H50N2O6S2. The first-order valence-electron chi connectivity index (χ1n) is 15.8. The molecule has 2 aromatic rings. The van der Waals surface area contributed by atoms with E-state index in [1.165, 1.54) is 26.4 Å². The lowest BCUT2D eigenvalue weighted by molar-refractivity contribution is -0.142. The van der Waals surface area contributed by atoms with Gasteiger partial charge in [-0.3, -0.25) is 4.79 Å². The van der Waals surface area contributed by atoms with Gasteiger partial charge in [-0.2, -0.15) is 16.1 Å². The highest BCUT2D eigenvalue weighted by Crippen LogP contribution is 2.30. The minimum absolute atomic E-state index is 0.0355. The number of nitrogens with zero attached hydrogens (tertiary/aromatic N) is 1. The molecule has 0 bridgehead atoms. The molecule has 0 radical (unpaired) electrons. The number of carbonyl (C=O) groups is 2. The molecule has 0 saturated heterocycles. The summed E-state index contributed by atoms with van der Waals surface area (Å²) in [6.45, 7) is 5.56. The number of hydrogen-bond donors (Lipinski definition) is 1. The van der Waals surface area contributed by atoms with Crippen molar-refractivity contribution in [1.82, 2.24) is 9.62 Å². The number of thioether (sulfide) groups is 1. The Hall–Kier alpha value is -2.40. The minimum atomic E-state index is -3.53. The van der Waals surface area contributed by atoms with Crippen LogP contribution in [0.1, 0.15) is 79.8 Å². The van der Waals surface area contributed by atoms with Crippen LogP contribution in [0.5, 0.6) is 0 Å². The molecule has 1 saturated carbocycles. The van der Waals surface area contributed by atoms with E-state index >= 15 is 0 Å². The average Bonchev–Trinajstić information content (AvgIpc) is 3.03. The van der Waals surface area contributed by atoms with E-state index in [4.69, 9.17) is 9.47 Å². The third-order valence-corrected chi connectivity index (χ3v) is 10.9. The second-order valence-electron chi connectivity index (χ2n) is 11.5. The molecular weight excluding hydrogens is 597 g/mol. The summed E-state index contributed by atoms with van der Waals surface area (Å²) in [5.74, 6) is 0.425. The van der Waals surface area contributed by atoms with Gasteiger partial charge in [0.1, 0.15) is 6.04 Å². The Labute approximate surface area is 268 Å². The van der Waals surface area contributed by atoms with E-state index in [1.807, 2.05) is 56.5 Å². The van der Waals surface area contributed by atoms with Crippen molar-refractivity contribution in [2.45, 2.75) is 77.8 Å². The lowest BCUT2D eigenvalue weighted by Gasteiger charge is -2.27. The fourth-order valence-corrected chi connectivity index (χ4v) is 7.73. The molecule has 1 aliphatic carbocycles. The van der Waals surface area contributed by atoms with Crippen molar-refractivity contribution in [3.05, 3.63) is 59.2 Å². The van der Waals surface area contributed by atoms with Gasteiger partial charge in [-0.15, -0.1) is 0 Å². The number of esters is 1. The van der Waals surface area contributed by atoms with Crippen molar-refractivity contribution in [1.29, 1.82) is 0 Å². The van der Waals surface area contributed by atoms with Gasteiger partial charge in [0, 0.05) is 31.9 Å². The predicted octanol–water partition coefficient (Wildman–Crippen LogP) is 6.22. The zero-order valence-corrected chi connectivity index (χ0v) is 28.4. The van der Waals surface area contributed by atoms with Crippen molar-refractivity contribution in [3.8, 4) is 11.1 Å². The summed E-state index contributed by atoms with van der Waals surface area (Å²) in [6.07, 6.45) is 9.69. The van der Waals surface area contributed by atoms with Gasteiger partial charge in [0.15, 0.2) is 0 Å². The van der Waals surface area contributed by atoms with E-state index in [-0.39, 0.29) is 18.2 Å². The molecule has 8 nitrogen and oxygen atoms in total. The smallest absolute Gasteiger partial charge is 0.328 e. The maximum Gasteiger partial charge on any atom is 0.328 e. The molecule has 1 fully saturated rings. The first-order chi connectivity index (χ1) is 21.2. The Morgan fingerprint density at radius 2 is 1.84 bits per heavy atom. The average molecular weight is 647 g/mol. The number of methoxy groups -OCH3 is 1. The van der Waals surface area contributed by atoms with Crippen LogP contribution in [-0.2, 0) is 30.8 Å². The van der Waals surface area contributed by atoms with Crippen LogP contribution in [-0.4, -0.2) is 75.3 Å². The van der Waals surface area contributed by atoms with Crippen molar-refractivity contribution >= 4 is 33.7 Å². The van der Waals surface area contributed by atoms with Crippen molar-refractivity contribution in [3.63, 3.8) is 0 Å². The summed E-state index contributed by atoms with van der Waals surface area (Å²) in [4.78, 5) is 26.1. The summed E-state index contributed by atoms with van der Waals surface area (Å²) in [7, 11) is -2.21. The highest BCUT2D eigenvalue weighted by atomic mass is 32.2. The molecule has 0 heterocycles. The number of amides is 1. The van der Waals surface area contributed by atoms with Crippen LogP contribution in [0.3, 0.4) is 0 Å². The molecule has 10 heteroatoms. The molecule has 0 spiro atoms. The number of carbonyl (C=O) groups excluding carboxylic acids is 2. The van der Waals surface area contributed by atoms with Gasteiger partial charge in [0.25, 0.3) is 5.91 Å². The second-order valence-corrected chi connectivity index (χ2v) is 14.6. The highest BCUT2D eigenvalue weighted by molar-refractivity contribution is 7.98. The van der Waals surface area contributed by atoms with E-state index in [1.54, 1.807) is 22.1 Å². The van der Waals surface area contributed by atoms with Crippen LogP contribution in [0.15, 0.2) is 42.5 Å². The maximum atomic E-state index is 13.6. The lowest BCUT2D eigenvalue weighted by Crippen LogP contribution is -2.42. The van der Waals surface area contributed by atoms with Gasteiger partial charge in [-0.25, -0.2) is 13.2 Å². The molecule has 3 rings (SSSR count). The number of aryl methyl sites for hydroxylation is 1. The van der Waals surface area contributed by atoms with Crippen molar-refractivity contribution < 1.29 is 27.5 Å². The lowest BCUT2D eigenvalue weighted by atomic mass is 9.87. The number of nitrogens with one attached hydrogen (secondary N) is 1. The van der Waals surface area contributed by atoms with Crippen molar-refractivity contribution in [2.24, 2.45) is 5.92 Å². The Bertz CT molecular complexity index is 1310. The summed E-state index contributed by atoms with van der Waals surface area (Å²) < 4.78 is 39.2. The molecule has 2 aromatic carbocycles. The monoisotopic (exact) mass is 646 g/mol. The van der Waals surface area contributed by atoms with E-state index in [0.717, 1.165) is 36.0 Å². The van der Waals surface area contributed by atoms with Crippen LogP contribution >= 0.6 is 11.8 Å². The Balaban J connectivity index is 1.94. The third kappa shape index (κ3) is 10.9. The SMILES string of the molecule is CCOCCCS(=O)(=O)N(CCC1CCCCC1)Cc1ccc(C(=O)N[C@@H](CCSC)C(=O)OC)c(-c2ccccc2C)c1. The molecule has 1 amide bonds. The molecule has 244 valence electrons. The number of benzene rings is 2. The topological polar surface area (TPSA) is 102 Å². The molecule has 1 N–H and O–H groups in total. The molecule has 0 unspecified atom stereocenters. The molecule has 1 aliphatic rings. The van der Waals surface area contributed by atoms with E-state index < -0.39 is 22.0 Å².